The van der Waals surface area contributed by atoms with E-state index in [0.717, 1.165) is 12.1 Å². The number of carbonyl (C=O) groups is 2. The van der Waals surface area contributed by atoms with E-state index in [-0.39, 0.29) is 17.7 Å². The molecule has 110 valence electrons. The average Bonchev–Trinajstić information content (AvgIpc) is 2.38. The minimum absolute atomic E-state index is 0.0279. The van der Waals surface area contributed by atoms with Gasteiger partial charge in [0.1, 0.15) is 0 Å². The molecule has 0 saturated heterocycles. The predicted octanol–water partition coefficient (Wildman–Crippen LogP) is 2.19. The van der Waals surface area contributed by atoms with E-state index in [0.29, 0.717) is 24.2 Å². The molecule has 0 spiro atoms. The van der Waals surface area contributed by atoms with Crippen LogP contribution in [0.15, 0.2) is 18.2 Å². The largest absolute Gasteiger partial charge is 0.398 e. The minimum atomic E-state index is -0.0537. The highest BCUT2D eigenvalue weighted by atomic mass is 16.1. The van der Waals surface area contributed by atoms with Crippen molar-refractivity contribution in [2.45, 2.75) is 39.7 Å². The Morgan fingerprint density at radius 3 is 2.60 bits per heavy atom. The van der Waals surface area contributed by atoms with Gasteiger partial charge in [-0.3, -0.25) is 9.59 Å². The van der Waals surface area contributed by atoms with Crippen LogP contribution in [0.4, 0.5) is 11.4 Å². The molecule has 20 heavy (non-hydrogen) atoms. The van der Waals surface area contributed by atoms with Gasteiger partial charge in [-0.15, -0.1) is 0 Å². The van der Waals surface area contributed by atoms with Crippen molar-refractivity contribution >= 4 is 23.1 Å². The van der Waals surface area contributed by atoms with Gasteiger partial charge in [0.2, 0.25) is 5.91 Å². The third kappa shape index (κ3) is 4.91. The molecule has 0 fully saturated rings. The van der Waals surface area contributed by atoms with E-state index >= 15 is 0 Å². The summed E-state index contributed by atoms with van der Waals surface area (Å²) in [6.45, 7) is 6.02. The summed E-state index contributed by atoms with van der Waals surface area (Å²) in [5.41, 5.74) is 7.58. The Labute approximate surface area is 119 Å². The SMILES string of the molecule is CCC(C)NC(=O)CCNc1ccc(C(C)=O)c(N)c1. The van der Waals surface area contributed by atoms with Crippen molar-refractivity contribution in [1.82, 2.24) is 5.32 Å². The van der Waals surface area contributed by atoms with Crippen LogP contribution < -0.4 is 16.4 Å². The van der Waals surface area contributed by atoms with Gasteiger partial charge in [-0.1, -0.05) is 6.92 Å². The van der Waals surface area contributed by atoms with Crippen molar-refractivity contribution in [3.05, 3.63) is 23.8 Å². The van der Waals surface area contributed by atoms with Crippen molar-refractivity contribution in [1.29, 1.82) is 0 Å². The number of nitrogens with one attached hydrogen (secondary N) is 2. The van der Waals surface area contributed by atoms with E-state index in [2.05, 4.69) is 10.6 Å². The number of hydrogen-bond acceptors (Lipinski definition) is 4. The van der Waals surface area contributed by atoms with Crippen LogP contribution in [0.25, 0.3) is 0 Å². The number of nitrogen functional groups attached to an aromatic ring is 1. The second kappa shape index (κ2) is 7.53. The molecule has 0 saturated carbocycles. The molecule has 0 aliphatic carbocycles. The first-order chi connectivity index (χ1) is 9.43. The van der Waals surface area contributed by atoms with E-state index in [1.54, 1.807) is 18.2 Å². The first-order valence-corrected chi connectivity index (χ1v) is 6.87. The van der Waals surface area contributed by atoms with Crippen LogP contribution in [0.1, 0.15) is 44.0 Å². The third-order valence-electron chi connectivity index (χ3n) is 3.13. The summed E-state index contributed by atoms with van der Waals surface area (Å²) in [5.74, 6) is -0.0258. The quantitative estimate of drug-likeness (QED) is 0.527. The van der Waals surface area contributed by atoms with E-state index in [1.807, 2.05) is 13.8 Å². The molecule has 1 rings (SSSR count). The fourth-order valence-electron chi connectivity index (χ4n) is 1.76. The summed E-state index contributed by atoms with van der Waals surface area (Å²) in [5, 5.41) is 6.02. The Bertz CT molecular complexity index is 486. The molecule has 1 amide bonds. The molecule has 1 aromatic rings. The molecule has 5 heteroatoms. The van der Waals surface area contributed by atoms with Gasteiger partial charge in [0.25, 0.3) is 0 Å². The third-order valence-corrected chi connectivity index (χ3v) is 3.13. The molecule has 0 aromatic heterocycles. The Balaban J connectivity index is 2.45. The molecule has 0 aliphatic rings. The molecular formula is C15H23N3O2. The van der Waals surface area contributed by atoms with Crippen LogP contribution in [0.2, 0.25) is 0 Å². The lowest BCUT2D eigenvalue weighted by atomic mass is 10.1. The highest BCUT2D eigenvalue weighted by Gasteiger charge is 2.07. The summed E-state index contributed by atoms with van der Waals surface area (Å²) in [6.07, 6.45) is 1.32. The zero-order valence-electron chi connectivity index (χ0n) is 12.3. The lowest BCUT2D eigenvalue weighted by molar-refractivity contribution is -0.121. The number of carbonyl (C=O) groups excluding carboxylic acids is 2. The van der Waals surface area contributed by atoms with Crippen molar-refractivity contribution in [2.24, 2.45) is 0 Å². The highest BCUT2D eigenvalue weighted by Crippen LogP contribution is 2.18. The monoisotopic (exact) mass is 277 g/mol. The number of hydrogen-bond donors (Lipinski definition) is 3. The van der Waals surface area contributed by atoms with Gasteiger partial charge >= 0.3 is 0 Å². The van der Waals surface area contributed by atoms with Crippen LogP contribution in [-0.4, -0.2) is 24.3 Å². The Morgan fingerprint density at radius 1 is 1.35 bits per heavy atom. The number of anilines is 2. The van der Waals surface area contributed by atoms with Crippen LogP contribution in [0.3, 0.4) is 0 Å². The first kappa shape index (κ1) is 16.0. The number of nitrogens with two attached hydrogens (primary N) is 1. The average molecular weight is 277 g/mol. The lowest BCUT2D eigenvalue weighted by Crippen LogP contribution is -2.32. The van der Waals surface area contributed by atoms with E-state index < -0.39 is 0 Å². The maximum atomic E-state index is 11.6. The molecule has 0 aliphatic heterocycles. The van der Waals surface area contributed by atoms with Gasteiger partial charge in [0.05, 0.1) is 0 Å². The molecule has 1 aromatic carbocycles. The number of rotatable bonds is 7. The van der Waals surface area contributed by atoms with Crippen molar-refractivity contribution in [2.75, 3.05) is 17.6 Å². The number of ketones is 1. The van der Waals surface area contributed by atoms with E-state index in [9.17, 15) is 9.59 Å². The second-order valence-corrected chi connectivity index (χ2v) is 4.91. The summed E-state index contributed by atoms with van der Waals surface area (Å²) >= 11 is 0. The molecule has 5 nitrogen and oxygen atoms in total. The van der Waals surface area contributed by atoms with Gasteiger partial charge in [-0.2, -0.15) is 0 Å². The van der Waals surface area contributed by atoms with E-state index in [1.165, 1.54) is 6.92 Å². The zero-order chi connectivity index (χ0) is 15.1. The summed E-state index contributed by atoms with van der Waals surface area (Å²) in [6, 6.07) is 5.40. The molecule has 4 N–H and O–H groups in total. The van der Waals surface area contributed by atoms with Crippen LogP contribution in [0.5, 0.6) is 0 Å². The maximum absolute atomic E-state index is 11.6. The minimum Gasteiger partial charge on any atom is -0.398 e. The maximum Gasteiger partial charge on any atom is 0.221 e. The molecule has 1 unspecified atom stereocenters. The Hall–Kier alpha value is -2.04. The van der Waals surface area contributed by atoms with Crippen LogP contribution >= 0.6 is 0 Å². The van der Waals surface area contributed by atoms with Gasteiger partial charge in [0.15, 0.2) is 5.78 Å². The summed E-state index contributed by atoms with van der Waals surface area (Å²) < 4.78 is 0. The molecule has 0 heterocycles. The fraction of sp³-hybridized carbons (Fsp3) is 0.467. The second-order valence-electron chi connectivity index (χ2n) is 4.91. The van der Waals surface area contributed by atoms with Crippen LogP contribution in [0, 0.1) is 0 Å². The molecular weight excluding hydrogens is 254 g/mol. The number of amides is 1. The van der Waals surface area contributed by atoms with Gasteiger partial charge in [-0.05, 0) is 38.5 Å². The van der Waals surface area contributed by atoms with Gasteiger partial charge < -0.3 is 16.4 Å². The van der Waals surface area contributed by atoms with Crippen molar-refractivity contribution in [3.63, 3.8) is 0 Å². The molecule has 0 radical (unpaired) electrons. The normalized spacial score (nSPS) is 11.8. The smallest absolute Gasteiger partial charge is 0.221 e. The number of benzene rings is 1. The van der Waals surface area contributed by atoms with Gasteiger partial charge in [0, 0.05) is 35.9 Å². The zero-order valence-corrected chi connectivity index (χ0v) is 12.3. The number of Topliss-reactive ketones (excluding diaryl/α,β-unsaturated/α-hetero) is 1. The first-order valence-electron chi connectivity index (χ1n) is 6.87. The lowest BCUT2D eigenvalue weighted by Gasteiger charge is -2.12. The molecule has 1 atom stereocenters. The predicted molar refractivity (Wildman–Crippen MR) is 81.9 cm³/mol. The highest BCUT2D eigenvalue weighted by molar-refractivity contribution is 5.99. The standard InChI is InChI=1S/C15H23N3O2/c1-4-10(2)18-15(20)7-8-17-12-5-6-13(11(3)19)14(16)9-12/h5-6,9-10,17H,4,7-8,16H2,1-3H3,(H,18,20). The van der Waals surface area contributed by atoms with Gasteiger partial charge in [-0.25, -0.2) is 0 Å². The van der Waals surface area contributed by atoms with Crippen LogP contribution in [-0.2, 0) is 4.79 Å². The van der Waals surface area contributed by atoms with E-state index in [4.69, 9.17) is 5.73 Å². The van der Waals surface area contributed by atoms with Crippen molar-refractivity contribution in [3.8, 4) is 0 Å². The Morgan fingerprint density at radius 2 is 2.05 bits per heavy atom. The summed E-state index contributed by atoms with van der Waals surface area (Å²) in [7, 11) is 0. The molecule has 0 bridgehead atoms. The summed E-state index contributed by atoms with van der Waals surface area (Å²) in [4.78, 5) is 22.9. The topological polar surface area (TPSA) is 84.2 Å². The van der Waals surface area contributed by atoms with Crippen molar-refractivity contribution < 1.29 is 9.59 Å². The Kier molecular flexibility index (Phi) is 6.03. The fourth-order valence-corrected chi connectivity index (χ4v) is 1.76.